The van der Waals surface area contributed by atoms with Crippen molar-refractivity contribution in [3.05, 3.63) is 18.0 Å². The lowest BCUT2D eigenvalue weighted by Crippen LogP contribution is -2.42. The van der Waals surface area contributed by atoms with Crippen molar-refractivity contribution in [1.82, 2.24) is 9.78 Å². The van der Waals surface area contributed by atoms with Crippen molar-refractivity contribution in [2.75, 3.05) is 6.61 Å². The highest BCUT2D eigenvalue weighted by molar-refractivity contribution is 5.99. The first kappa shape index (κ1) is 15.2. The maximum Gasteiger partial charge on any atom is 0.323 e. The van der Waals surface area contributed by atoms with Gasteiger partial charge in [0.25, 0.3) is 0 Å². The molecule has 1 heterocycles. The van der Waals surface area contributed by atoms with Gasteiger partial charge in [-0.15, -0.1) is 0 Å². The van der Waals surface area contributed by atoms with Crippen LogP contribution in [0.4, 0.5) is 0 Å². The van der Waals surface area contributed by atoms with E-state index in [0.717, 1.165) is 0 Å². The number of rotatable bonds is 7. The number of ether oxygens (including phenoxy) is 1. The molecule has 6 heteroatoms. The maximum absolute atomic E-state index is 12.1. The van der Waals surface area contributed by atoms with Crippen LogP contribution in [0.15, 0.2) is 12.3 Å². The van der Waals surface area contributed by atoms with Crippen LogP contribution < -0.4 is 0 Å². The third-order valence-corrected chi connectivity index (χ3v) is 3.00. The molecule has 0 aliphatic rings. The SMILES string of the molecule is CCCC(Cc1ccn(C)n1)(C(=O)O)C(=O)OCC. The third-order valence-electron chi connectivity index (χ3n) is 3.00. The van der Waals surface area contributed by atoms with E-state index in [-0.39, 0.29) is 19.4 Å². The first-order valence-electron chi connectivity index (χ1n) is 6.35. The summed E-state index contributed by atoms with van der Waals surface area (Å²) in [6.07, 6.45) is 2.59. The zero-order valence-corrected chi connectivity index (χ0v) is 11.5. The number of aromatic nitrogens is 2. The number of hydrogen-bond donors (Lipinski definition) is 1. The van der Waals surface area contributed by atoms with Crippen molar-refractivity contribution in [2.45, 2.75) is 33.1 Å². The molecule has 0 spiro atoms. The Morgan fingerprint density at radius 3 is 2.58 bits per heavy atom. The smallest absolute Gasteiger partial charge is 0.323 e. The summed E-state index contributed by atoms with van der Waals surface area (Å²) < 4.78 is 6.53. The summed E-state index contributed by atoms with van der Waals surface area (Å²) in [7, 11) is 1.75. The van der Waals surface area contributed by atoms with E-state index in [1.807, 2.05) is 6.92 Å². The molecule has 106 valence electrons. The van der Waals surface area contributed by atoms with Crippen molar-refractivity contribution in [3.63, 3.8) is 0 Å². The van der Waals surface area contributed by atoms with Gasteiger partial charge < -0.3 is 9.84 Å². The van der Waals surface area contributed by atoms with E-state index in [1.54, 1.807) is 30.9 Å². The fraction of sp³-hybridized carbons (Fsp3) is 0.615. The molecule has 0 aromatic carbocycles. The standard InChI is InChI=1S/C13H20N2O4/c1-4-7-13(11(16)17,12(18)19-5-2)9-10-6-8-15(3)14-10/h6,8H,4-5,7,9H2,1-3H3,(H,16,17). The molecule has 1 unspecified atom stereocenters. The van der Waals surface area contributed by atoms with Gasteiger partial charge in [0, 0.05) is 19.7 Å². The fourth-order valence-corrected chi connectivity index (χ4v) is 2.10. The molecule has 0 aliphatic heterocycles. The highest BCUT2D eigenvalue weighted by Crippen LogP contribution is 2.30. The van der Waals surface area contributed by atoms with E-state index in [1.165, 1.54) is 0 Å². The Hall–Kier alpha value is -1.85. The Bertz CT molecular complexity index is 455. The van der Waals surface area contributed by atoms with Crippen LogP contribution >= 0.6 is 0 Å². The van der Waals surface area contributed by atoms with E-state index in [0.29, 0.717) is 12.1 Å². The van der Waals surface area contributed by atoms with Gasteiger partial charge in [0.15, 0.2) is 5.41 Å². The molecule has 19 heavy (non-hydrogen) atoms. The number of aryl methyl sites for hydroxylation is 1. The van der Waals surface area contributed by atoms with Crippen LogP contribution in [-0.4, -0.2) is 33.4 Å². The molecule has 0 saturated carbocycles. The molecular weight excluding hydrogens is 248 g/mol. The van der Waals surface area contributed by atoms with Gasteiger partial charge in [0.05, 0.1) is 12.3 Å². The molecule has 0 amide bonds. The number of carbonyl (C=O) groups is 2. The lowest BCUT2D eigenvalue weighted by atomic mass is 9.79. The number of carbonyl (C=O) groups excluding carboxylic acids is 1. The molecule has 0 radical (unpaired) electrons. The van der Waals surface area contributed by atoms with Gasteiger partial charge in [-0.25, -0.2) is 0 Å². The van der Waals surface area contributed by atoms with Crippen LogP contribution in [0.3, 0.4) is 0 Å². The Morgan fingerprint density at radius 2 is 2.16 bits per heavy atom. The minimum Gasteiger partial charge on any atom is -0.480 e. The minimum atomic E-state index is -1.54. The van der Waals surface area contributed by atoms with Crippen LogP contribution in [0.25, 0.3) is 0 Å². The lowest BCUT2D eigenvalue weighted by Gasteiger charge is -2.25. The summed E-state index contributed by atoms with van der Waals surface area (Å²) in [6.45, 7) is 3.67. The Kier molecular flexibility index (Phi) is 5.09. The molecule has 1 rings (SSSR count). The van der Waals surface area contributed by atoms with Crippen molar-refractivity contribution in [2.24, 2.45) is 12.5 Å². The van der Waals surface area contributed by atoms with Gasteiger partial charge in [-0.2, -0.15) is 5.10 Å². The summed E-state index contributed by atoms with van der Waals surface area (Å²) in [6, 6.07) is 1.71. The molecule has 1 aromatic heterocycles. The Labute approximate surface area is 112 Å². The molecule has 0 bridgehead atoms. The van der Waals surface area contributed by atoms with Crippen LogP contribution in [0, 0.1) is 5.41 Å². The number of hydrogen-bond acceptors (Lipinski definition) is 4. The fourth-order valence-electron chi connectivity index (χ4n) is 2.10. The number of esters is 1. The predicted molar refractivity (Wildman–Crippen MR) is 68.5 cm³/mol. The van der Waals surface area contributed by atoms with Crippen molar-refractivity contribution < 1.29 is 19.4 Å². The quantitative estimate of drug-likeness (QED) is 0.597. The average molecular weight is 268 g/mol. The van der Waals surface area contributed by atoms with Gasteiger partial charge in [-0.1, -0.05) is 13.3 Å². The van der Waals surface area contributed by atoms with Crippen LogP contribution in [0.1, 0.15) is 32.4 Å². The van der Waals surface area contributed by atoms with E-state index >= 15 is 0 Å². The van der Waals surface area contributed by atoms with E-state index < -0.39 is 17.4 Å². The second-order valence-corrected chi connectivity index (χ2v) is 4.52. The monoisotopic (exact) mass is 268 g/mol. The third kappa shape index (κ3) is 3.33. The van der Waals surface area contributed by atoms with Gasteiger partial charge in [-0.3, -0.25) is 14.3 Å². The lowest BCUT2D eigenvalue weighted by molar-refractivity contribution is -0.169. The van der Waals surface area contributed by atoms with E-state index in [9.17, 15) is 14.7 Å². The molecule has 1 atom stereocenters. The Morgan fingerprint density at radius 1 is 1.47 bits per heavy atom. The molecule has 0 aliphatic carbocycles. The van der Waals surface area contributed by atoms with Crippen molar-refractivity contribution in [1.29, 1.82) is 0 Å². The molecular formula is C13H20N2O4. The summed E-state index contributed by atoms with van der Waals surface area (Å²) >= 11 is 0. The predicted octanol–water partition coefficient (Wildman–Crippen LogP) is 1.40. The largest absolute Gasteiger partial charge is 0.480 e. The van der Waals surface area contributed by atoms with Crippen LogP contribution in [-0.2, 0) is 27.8 Å². The van der Waals surface area contributed by atoms with Crippen LogP contribution in [0.5, 0.6) is 0 Å². The first-order valence-corrected chi connectivity index (χ1v) is 6.35. The van der Waals surface area contributed by atoms with Gasteiger partial charge in [0.1, 0.15) is 0 Å². The van der Waals surface area contributed by atoms with Gasteiger partial charge >= 0.3 is 11.9 Å². The van der Waals surface area contributed by atoms with Gasteiger partial charge in [0.2, 0.25) is 0 Å². The summed E-state index contributed by atoms with van der Waals surface area (Å²) in [5.41, 5.74) is -0.967. The summed E-state index contributed by atoms with van der Waals surface area (Å²) in [4.78, 5) is 23.7. The number of carboxylic acids is 1. The van der Waals surface area contributed by atoms with Crippen molar-refractivity contribution >= 4 is 11.9 Å². The average Bonchev–Trinajstić information content (AvgIpc) is 2.74. The molecule has 6 nitrogen and oxygen atoms in total. The maximum atomic E-state index is 12.1. The number of nitrogens with zero attached hydrogens (tertiary/aromatic N) is 2. The second-order valence-electron chi connectivity index (χ2n) is 4.52. The highest BCUT2D eigenvalue weighted by atomic mass is 16.5. The molecule has 0 fully saturated rings. The summed E-state index contributed by atoms with van der Waals surface area (Å²) in [5, 5.41) is 13.6. The summed E-state index contributed by atoms with van der Waals surface area (Å²) in [5.74, 6) is -1.84. The van der Waals surface area contributed by atoms with E-state index in [4.69, 9.17) is 4.74 Å². The Balaban J connectivity index is 3.08. The molecule has 1 aromatic rings. The molecule has 0 saturated heterocycles. The van der Waals surface area contributed by atoms with Crippen LogP contribution in [0.2, 0.25) is 0 Å². The minimum absolute atomic E-state index is 0.0514. The number of carboxylic acid groups (broad SMARTS) is 1. The normalized spacial score (nSPS) is 13.8. The van der Waals surface area contributed by atoms with Gasteiger partial charge in [-0.05, 0) is 19.4 Å². The molecule has 1 N–H and O–H groups in total. The number of aliphatic carboxylic acids is 1. The first-order chi connectivity index (χ1) is 8.96. The second kappa shape index (κ2) is 6.36. The zero-order valence-electron chi connectivity index (χ0n) is 11.5. The van der Waals surface area contributed by atoms with E-state index in [2.05, 4.69) is 5.10 Å². The zero-order chi connectivity index (χ0) is 14.5. The topological polar surface area (TPSA) is 81.4 Å². The highest BCUT2D eigenvalue weighted by Gasteiger charge is 2.47. The van der Waals surface area contributed by atoms with Crippen molar-refractivity contribution in [3.8, 4) is 0 Å².